The van der Waals surface area contributed by atoms with Gasteiger partial charge in [0.05, 0.1) is 0 Å². The van der Waals surface area contributed by atoms with Crippen molar-refractivity contribution >= 4 is 48.0 Å². The highest BCUT2D eigenvalue weighted by Crippen LogP contribution is 2.21. The minimum absolute atomic E-state index is 0. The Hall–Kier alpha value is -2.70. The number of nitrogens with zero attached hydrogens (tertiary/aromatic N) is 1. The summed E-state index contributed by atoms with van der Waals surface area (Å²) < 4.78 is 26.6. The van der Waals surface area contributed by atoms with Gasteiger partial charge >= 0.3 is 0 Å². The molecule has 0 aliphatic carbocycles. The van der Waals surface area contributed by atoms with E-state index < -0.39 is 11.6 Å². The summed E-state index contributed by atoms with van der Waals surface area (Å²) in [5.41, 5.74) is 10.2. The zero-order chi connectivity index (χ0) is 20.0. The van der Waals surface area contributed by atoms with E-state index in [2.05, 4.69) is 32.2 Å². The number of hydrogen-bond donors (Lipinski definition) is 5. The van der Waals surface area contributed by atoms with Gasteiger partial charge in [-0.25, -0.2) is 13.8 Å². The molecule has 0 saturated heterocycles. The Bertz CT molecular complexity index is 1090. The molecule has 1 aromatic carbocycles. The normalized spacial score (nSPS) is 9.79. The minimum atomic E-state index is -0.901. The first-order valence-corrected chi connectivity index (χ1v) is 8.65. The van der Waals surface area contributed by atoms with E-state index in [1.54, 1.807) is 0 Å². The molecule has 150 valence electrons. The molecule has 0 aliphatic rings. The molecule has 0 aliphatic heterocycles. The number of benzene rings is 1. The number of rotatable bonds is 3. The van der Waals surface area contributed by atoms with Gasteiger partial charge in [-0.3, -0.25) is 14.6 Å². The van der Waals surface area contributed by atoms with Crippen molar-refractivity contribution in [2.24, 2.45) is 0 Å². The van der Waals surface area contributed by atoms with Gasteiger partial charge in [0, 0.05) is 23.4 Å². The second kappa shape index (κ2) is 10.6. The maximum atomic E-state index is 13.4. The van der Waals surface area contributed by atoms with E-state index in [0.29, 0.717) is 0 Å². The second-order valence-corrected chi connectivity index (χ2v) is 6.39. The van der Waals surface area contributed by atoms with Crippen LogP contribution in [0, 0.1) is 16.4 Å². The van der Waals surface area contributed by atoms with Crippen LogP contribution in [0.3, 0.4) is 0 Å². The van der Waals surface area contributed by atoms with Crippen molar-refractivity contribution in [1.82, 2.24) is 19.9 Å². The van der Waals surface area contributed by atoms with Crippen molar-refractivity contribution in [3.05, 3.63) is 73.0 Å². The maximum absolute atomic E-state index is 13.4. The van der Waals surface area contributed by atoms with Crippen LogP contribution in [0.5, 0.6) is 0 Å². The summed E-state index contributed by atoms with van der Waals surface area (Å²) in [6.45, 7) is 0. The highest BCUT2D eigenvalue weighted by atomic mass is 35.5. The fraction of sp³-hybridized carbons (Fsp3) is 0.0667. The number of aromatic nitrogens is 4. The first-order chi connectivity index (χ1) is 12.7. The topological polar surface area (TPSA) is 146 Å². The number of nitrogens with two attached hydrogens (primary N) is 2. The van der Waals surface area contributed by atoms with Crippen LogP contribution < -0.4 is 22.6 Å². The molecule has 0 unspecified atom stereocenters. The lowest BCUT2D eigenvalue weighted by Crippen LogP contribution is -2.09. The monoisotopic (exact) mass is 448 g/mol. The smallest absolute Gasteiger partial charge is 0.253 e. The summed E-state index contributed by atoms with van der Waals surface area (Å²) in [7, 11) is 0. The summed E-state index contributed by atoms with van der Waals surface area (Å²) in [5.74, 6) is -1.28. The van der Waals surface area contributed by atoms with Crippen LogP contribution in [0.4, 0.5) is 20.4 Å². The van der Waals surface area contributed by atoms with Crippen LogP contribution in [0.1, 0.15) is 5.56 Å². The average molecular weight is 449 g/mol. The van der Waals surface area contributed by atoms with Gasteiger partial charge in [0.1, 0.15) is 11.6 Å². The van der Waals surface area contributed by atoms with Crippen LogP contribution in [0.15, 0.2) is 45.1 Å². The number of anilines is 2. The molecular formula is C15H15ClF2N6O2S2. The zero-order valence-corrected chi connectivity index (χ0v) is 16.4. The van der Waals surface area contributed by atoms with Gasteiger partial charge in [0.15, 0.2) is 21.6 Å². The van der Waals surface area contributed by atoms with Gasteiger partial charge in [0.2, 0.25) is 0 Å². The van der Waals surface area contributed by atoms with Gasteiger partial charge < -0.3 is 21.4 Å². The Balaban J connectivity index is 0.000000332. The first-order valence-electron chi connectivity index (χ1n) is 7.26. The second-order valence-electron chi connectivity index (χ2n) is 5.02. The predicted molar refractivity (Wildman–Crippen MR) is 109 cm³/mol. The molecule has 8 nitrogen and oxygen atoms in total. The van der Waals surface area contributed by atoms with Crippen molar-refractivity contribution in [2.45, 2.75) is 10.9 Å². The Labute approximate surface area is 172 Å². The highest BCUT2D eigenvalue weighted by Gasteiger charge is 2.08. The highest BCUT2D eigenvalue weighted by molar-refractivity contribution is 7.98. The number of H-pyrrole nitrogens is 3. The third-order valence-corrected chi connectivity index (χ3v) is 4.04. The average Bonchev–Trinajstić information content (AvgIpc) is 2.54. The minimum Gasteiger partial charge on any atom is -0.385 e. The number of halogens is 3. The number of aromatic amines is 3. The van der Waals surface area contributed by atoms with Crippen molar-refractivity contribution < 1.29 is 8.78 Å². The predicted octanol–water partition coefficient (Wildman–Crippen LogP) is 2.36. The Morgan fingerprint density at radius 1 is 1.07 bits per heavy atom. The summed E-state index contributed by atoms with van der Waals surface area (Å²) in [5, 5.41) is 0.267. The summed E-state index contributed by atoms with van der Waals surface area (Å²) in [6, 6.07) is 6.31. The Morgan fingerprint density at radius 3 is 2.36 bits per heavy atom. The van der Waals surface area contributed by atoms with E-state index in [9.17, 15) is 18.4 Å². The standard InChI is InChI=1S/C11H9F2N3OS.C4H5N3OS.ClH/c12-7-3-1-2-6(10(7)13)5-18-11-15-8(14)4-9(17)16-11;5-2-1-3(8)7-4(9)6-2;/h1-4H,5H2,(H3,14,15,16,17);1H,(H4,5,6,7,8,9);1H. The van der Waals surface area contributed by atoms with E-state index in [1.165, 1.54) is 18.2 Å². The van der Waals surface area contributed by atoms with E-state index >= 15 is 0 Å². The Kier molecular flexibility index (Phi) is 8.82. The molecule has 2 aromatic heterocycles. The molecule has 3 aromatic rings. The molecule has 28 heavy (non-hydrogen) atoms. The van der Waals surface area contributed by atoms with Gasteiger partial charge in [-0.05, 0) is 18.3 Å². The molecule has 0 atom stereocenters. The van der Waals surface area contributed by atoms with Crippen LogP contribution >= 0.6 is 36.4 Å². The van der Waals surface area contributed by atoms with Crippen molar-refractivity contribution in [1.29, 1.82) is 0 Å². The van der Waals surface area contributed by atoms with E-state index in [1.807, 2.05) is 0 Å². The number of thioether (sulfide) groups is 1. The molecule has 3 rings (SSSR count). The number of nitrogens with one attached hydrogen (secondary N) is 3. The molecule has 0 radical (unpaired) electrons. The molecule has 0 spiro atoms. The van der Waals surface area contributed by atoms with Crippen LogP contribution in [0.25, 0.3) is 0 Å². The van der Waals surface area contributed by atoms with Crippen molar-refractivity contribution in [2.75, 3.05) is 11.5 Å². The number of hydrogen-bond acceptors (Lipinski definition) is 7. The largest absolute Gasteiger partial charge is 0.385 e. The molecule has 2 heterocycles. The third-order valence-electron chi connectivity index (χ3n) is 2.92. The maximum Gasteiger partial charge on any atom is 0.253 e. The van der Waals surface area contributed by atoms with Crippen LogP contribution in [-0.4, -0.2) is 19.9 Å². The van der Waals surface area contributed by atoms with E-state index in [-0.39, 0.29) is 56.4 Å². The molecule has 0 fully saturated rings. The van der Waals surface area contributed by atoms with Crippen LogP contribution in [-0.2, 0) is 5.75 Å². The Morgan fingerprint density at radius 2 is 1.75 bits per heavy atom. The summed E-state index contributed by atoms with van der Waals surface area (Å²) in [6.07, 6.45) is 0. The lowest BCUT2D eigenvalue weighted by atomic mass is 10.2. The molecule has 0 saturated carbocycles. The summed E-state index contributed by atoms with van der Waals surface area (Å²) in [4.78, 5) is 32.8. The molecule has 13 heteroatoms. The zero-order valence-electron chi connectivity index (χ0n) is 14.0. The SMILES string of the molecule is Cl.Nc1cc(=O)[nH]c(=S)[nH]1.Nc1cc(=O)[nH]c(SCc2cccc(F)c2F)n1. The lowest BCUT2D eigenvalue weighted by Gasteiger charge is -2.03. The fourth-order valence-corrected chi connectivity index (χ4v) is 2.89. The van der Waals surface area contributed by atoms with Gasteiger partial charge in [0.25, 0.3) is 11.1 Å². The van der Waals surface area contributed by atoms with Gasteiger partial charge in [-0.2, -0.15) is 0 Å². The molecule has 7 N–H and O–H groups in total. The van der Waals surface area contributed by atoms with Gasteiger partial charge in [-0.1, -0.05) is 23.9 Å². The lowest BCUT2D eigenvalue weighted by molar-refractivity contribution is 0.502. The summed E-state index contributed by atoms with van der Waals surface area (Å²) >= 11 is 5.67. The van der Waals surface area contributed by atoms with Crippen molar-refractivity contribution in [3.8, 4) is 0 Å². The van der Waals surface area contributed by atoms with Gasteiger partial charge in [-0.15, -0.1) is 12.4 Å². The van der Waals surface area contributed by atoms with E-state index in [0.717, 1.165) is 23.9 Å². The molecular weight excluding hydrogens is 434 g/mol. The molecule has 0 bridgehead atoms. The van der Waals surface area contributed by atoms with Crippen molar-refractivity contribution in [3.63, 3.8) is 0 Å². The third kappa shape index (κ3) is 7.13. The number of nitrogen functional groups attached to an aromatic ring is 2. The van der Waals surface area contributed by atoms with Crippen LogP contribution in [0.2, 0.25) is 0 Å². The first kappa shape index (κ1) is 23.3. The molecule has 0 amide bonds. The van der Waals surface area contributed by atoms with E-state index in [4.69, 9.17) is 11.5 Å². The quantitative estimate of drug-likeness (QED) is 0.235. The fourth-order valence-electron chi connectivity index (χ4n) is 1.82.